The van der Waals surface area contributed by atoms with Crippen molar-refractivity contribution < 1.29 is 9.21 Å². The van der Waals surface area contributed by atoms with Crippen LogP contribution in [0.25, 0.3) is 0 Å². The van der Waals surface area contributed by atoms with Crippen molar-refractivity contribution in [3.05, 3.63) is 24.2 Å². The molecule has 0 atom stereocenters. The molecule has 0 bridgehead atoms. The summed E-state index contributed by atoms with van der Waals surface area (Å²) in [6.45, 7) is 7.68. The highest BCUT2D eigenvalue weighted by molar-refractivity contribution is 5.91. The molecule has 7 nitrogen and oxygen atoms in total. The molecule has 0 aromatic carbocycles. The maximum Gasteiger partial charge on any atom is 0.289 e. The first-order valence-electron chi connectivity index (χ1n) is 9.78. The van der Waals surface area contributed by atoms with E-state index < -0.39 is 0 Å². The van der Waals surface area contributed by atoms with Crippen LogP contribution in [0.4, 0.5) is 0 Å². The van der Waals surface area contributed by atoms with E-state index in [9.17, 15) is 4.79 Å². The molecule has 3 rings (SSSR count). The number of nitrogens with one attached hydrogen (secondary N) is 1. The lowest BCUT2D eigenvalue weighted by Crippen LogP contribution is -2.53. The van der Waals surface area contributed by atoms with Gasteiger partial charge in [0.2, 0.25) is 0 Å². The molecular formula is C19H31N5O2. The average molecular weight is 361 g/mol. The fraction of sp³-hybridized carbons (Fsp3) is 0.684. The van der Waals surface area contributed by atoms with Gasteiger partial charge in [0.1, 0.15) is 0 Å². The molecule has 2 aliphatic heterocycles. The highest BCUT2D eigenvalue weighted by Crippen LogP contribution is 2.10. The molecule has 7 heteroatoms. The van der Waals surface area contributed by atoms with Crippen LogP contribution in [0.3, 0.4) is 0 Å². The lowest BCUT2D eigenvalue weighted by Gasteiger charge is -2.36. The van der Waals surface area contributed by atoms with Crippen molar-refractivity contribution in [3.63, 3.8) is 0 Å². The summed E-state index contributed by atoms with van der Waals surface area (Å²) in [6, 6.07) is 3.47. The summed E-state index contributed by atoms with van der Waals surface area (Å²) in [5, 5.41) is 3.47. The summed E-state index contributed by atoms with van der Waals surface area (Å²) in [4.78, 5) is 23.4. The Hall–Kier alpha value is -2.02. The fourth-order valence-corrected chi connectivity index (χ4v) is 3.68. The summed E-state index contributed by atoms with van der Waals surface area (Å²) < 4.78 is 5.21. The van der Waals surface area contributed by atoms with Crippen molar-refractivity contribution in [2.45, 2.75) is 25.7 Å². The molecule has 1 amide bonds. The number of piperazine rings is 1. The van der Waals surface area contributed by atoms with Gasteiger partial charge in [-0.15, -0.1) is 0 Å². The normalized spacial score (nSPS) is 19.2. The van der Waals surface area contributed by atoms with Gasteiger partial charge in [-0.1, -0.05) is 0 Å². The Balaban J connectivity index is 1.34. The third-order valence-electron chi connectivity index (χ3n) is 5.19. The number of aliphatic imine (C=N–C) groups is 1. The number of rotatable bonds is 6. The van der Waals surface area contributed by atoms with Crippen molar-refractivity contribution >= 4 is 11.9 Å². The summed E-state index contributed by atoms with van der Waals surface area (Å²) in [5.41, 5.74) is 0. The fourth-order valence-electron chi connectivity index (χ4n) is 3.68. The number of hydrogen-bond donors (Lipinski definition) is 1. The third kappa shape index (κ3) is 5.00. The molecule has 1 aromatic heterocycles. The smallest absolute Gasteiger partial charge is 0.289 e. The number of guanidine groups is 1. The monoisotopic (exact) mass is 361 g/mol. The summed E-state index contributed by atoms with van der Waals surface area (Å²) in [6.07, 6.45) is 6.65. The van der Waals surface area contributed by atoms with Crippen LogP contribution in [0.15, 0.2) is 27.8 Å². The molecule has 0 spiro atoms. The van der Waals surface area contributed by atoms with Gasteiger partial charge < -0.3 is 24.4 Å². The molecule has 2 saturated heterocycles. The van der Waals surface area contributed by atoms with Gasteiger partial charge in [0.05, 0.1) is 6.26 Å². The molecule has 1 aromatic rings. The Morgan fingerprint density at radius 2 is 1.85 bits per heavy atom. The number of likely N-dealkylation sites (tertiary alicyclic amines) is 1. The van der Waals surface area contributed by atoms with E-state index in [1.54, 1.807) is 18.4 Å². The van der Waals surface area contributed by atoms with Crippen LogP contribution in [-0.2, 0) is 0 Å². The lowest BCUT2D eigenvalue weighted by molar-refractivity contribution is 0.0657. The number of unbranched alkanes of at least 4 members (excludes halogenated alkanes) is 1. The van der Waals surface area contributed by atoms with Crippen LogP contribution < -0.4 is 5.32 Å². The molecule has 1 N–H and O–H groups in total. The SMILES string of the molecule is CN=C(NCCCCN1CCCC1)N1CCN(C(=O)c2ccco2)CC1. The van der Waals surface area contributed by atoms with Crippen molar-refractivity contribution in [1.82, 2.24) is 20.0 Å². The summed E-state index contributed by atoms with van der Waals surface area (Å²) in [5.74, 6) is 1.33. The second kappa shape index (κ2) is 9.62. The van der Waals surface area contributed by atoms with E-state index in [-0.39, 0.29) is 5.91 Å². The Kier molecular flexibility index (Phi) is 6.94. The third-order valence-corrected chi connectivity index (χ3v) is 5.19. The minimum Gasteiger partial charge on any atom is -0.459 e. The van der Waals surface area contributed by atoms with Crippen LogP contribution in [0.5, 0.6) is 0 Å². The number of carbonyl (C=O) groups is 1. The number of furan rings is 1. The molecule has 144 valence electrons. The van der Waals surface area contributed by atoms with Crippen molar-refractivity contribution in [1.29, 1.82) is 0 Å². The van der Waals surface area contributed by atoms with Gasteiger partial charge >= 0.3 is 0 Å². The Bertz CT molecular complexity index is 573. The first-order chi connectivity index (χ1) is 12.8. The molecule has 0 saturated carbocycles. The van der Waals surface area contributed by atoms with Crippen LogP contribution in [0.1, 0.15) is 36.2 Å². The number of amides is 1. The topological polar surface area (TPSA) is 64.3 Å². The Morgan fingerprint density at radius 3 is 2.50 bits per heavy atom. The van der Waals surface area contributed by atoms with Crippen molar-refractivity contribution in [2.75, 3.05) is 59.4 Å². The van der Waals surface area contributed by atoms with Gasteiger partial charge in [0, 0.05) is 39.8 Å². The van der Waals surface area contributed by atoms with E-state index >= 15 is 0 Å². The zero-order valence-corrected chi connectivity index (χ0v) is 15.8. The zero-order chi connectivity index (χ0) is 18.2. The molecule has 0 unspecified atom stereocenters. The lowest BCUT2D eigenvalue weighted by atomic mass is 10.3. The first-order valence-corrected chi connectivity index (χ1v) is 9.78. The van der Waals surface area contributed by atoms with Gasteiger partial charge in [-0.05, 0) is 57.5 Å². The second-order valence-corrected chi connectivity index (χ2v) is 6.99. The standard InChI is InChI=1S/C19H31N5O2/c1-20-19(21-8-2-3-9-22-10-4-5-11-22)24-14-12-23(13-15-24)18(25)17-7-6-16-26-17/h6-7,16H,2-5,8-15H2,1H3,(H,20,21). The van der Waals surface area contributed by atoms with Crippen molar-refractivity contribution in [2.24, 2.45) is 4.99 Å². The van der Waals surface area contributed by atoms with E-state index in [4.69, 9.17) is 4.42 Å². The largest absolute Gasteiger partial charge is 0.459 e. The van der Waals surface area contributed by atoms with Crippen LogP contribution in [-0.4, -0.2) is 86.0 Å². The number of carbonyl (C=O) groups excluding carboxylic acids is 1. The summed E-state index contributed by atoms with van der Waals surface area (Å²) in [7, 11) is 1.83. The van der Waals surface area contributed by atoms with Gasteiger partial charge in [-0.3, -0.25) is 9.79 Å². The van der Waals surface area contributed by atoms with Crippen LogP contribution >= 0.6 is 0 Å². The molecule has 3 heterocycles. The van der Waals surface area contributed by atoms with E-state index in [1.165, 1.54) is 38.9 Å². The number of hydrogen-bond acceptors (Lipinski definition) is 4. The molecule has 0 aliphatic carbocycles. The molecule has 0 radical (unpaired) electrons. The molecule has 2 aliphatic rings. The Morgan fingerprint density at radius 1 is 1.12 bits per heavy atom. The van der Waals surface area contributed by atoms with Crippen LogP contribution in [0.2, 0.25) is 0 Å². The number of nitrogens with zero attached hydrogens (tertiary/aromatic N) is 4. The minimum absolute atomic E-state index is 0.0282. The van der Waals surface area contributed by atoms with E-state index in [0.717, 1.165) is 32.0 Å². The van der Waals surface area contributed by atoms with E-state index in [0.29, 0.717) is 18.8 Å². The maximum atomic E-state index is 12.3. The van der Waals surface area contributed by atoms with Crippen LogP contribution in [0, 0.1) is 0 Å². The molecule has 26 heavy (non-hydrogen) atoms. The zero-order valence-electron chi connectivity index (χ0n) is 15.8. The highest BCUT2D eigenvalue weighted by atomic mass is 16.3. The van der Waals surface area contributed by atoms with Gasteiger partial charge in [0.25, 0.3) is 5.91 Å². The predicted molar refractivity (Wildman–Crippen MR) is 102 cm³/mol. The summed E-state index contributed by atoms with van der Waals surface area (Å²) >= 11 is 0. The maximum absolute atomic E-state index is 12.3. The van der Waals surface area contributed by atoms with E-state index in [2.05, 4.69) is 20.1 Å². The quantitative estimate of drug-likeness (QED) is 0.472. The molecular weight excluding hydrogens is 330 g/mol. The van der Waals surface area contributed by atoms with Gasteiger partial charge in [-0.2, -0.15) is 0 Å². The Labute approximate surface area is 156 Å². The molecule has 2 fully saturated rings. The predicted octanol–water partition coefficient (Wildman–Crippen LogP) is 1.49. The highest BCUT2D eigenvalue weighted by Gasteiger charge is 2.25. The average Bonchev–Trinajstić information content (AvgIpc) is 3.38. The van der Waals surface area contributed by atoms with E-state index in [1.807, 2.05) is 11.9 Å². The first kappa shape index (κ1) is 18.8. The van der Waals surface area contributed by atoms with Gasteiger partial charge in [0.15, 0.2) is 11.7 Å². The van der Waals surface area contributed by atoms with Gasteiger partial charge in [-0.25, -0.2) is 0 Å². The van der Waals surface area contributed by atoms with Crippen molar-refractivity contribution in [3.8, 4) is 0 Å². The second-order valence-electron chi connectivity index (χ2n) is 6.99. The minimum atomic E-state index is -0.0282.